The molecule has 1 aliphatic rings. The number of hydrogen-bond acceptors (Lipinski definition) is 4. The first kappa shape index (κ1) is 15.5. The Morgan fingerprint density at radius 3 is 2.26 bits per heavy atom. The van der Waals surface area contributed by atoms with Crippen molar-refractivity contribution in [2.75, 3.05) is 32.1 Å². The third kappa shape index (κ3) is 2.91. The summed E-state index contributed by atoms with van der Waals surface area (Å²) in [7, 11) is 3.87. The summed E-state index contributed by atoms with van der Waals surface area (Å²) in [6.07, 6.45) is 1.11. The normalized spacial score (nSPS) is 13.7. The fraction of sp³-hybridized carbons (Fsp3) is 0.389. The summed E-state index contributed by atoms with van der Waals surface area (Å²) in [6, 6.07) is 7.73. The lowest BCUT2D eigenvalue weighted by atomic mass is 10.0. The quantitative estimate of drug-likeness (QED) is 0.874. The Labute approximate surface area is 137 Å². The Morgan fingerprint density at radius 1 is 1.09 bits per heavy atom. The van der Waals surface area contributed by atoms with E-state index in [1.807, 2.05) is 62.0 Å². The molecule has 120 valence electrons. The smallest absolute Gasteiger partial charge is 0.253 e. The van der Waals surface area contributed by atoms with Gasteiger partial charge in [-0.05, 0) is 38.0 Å². The van der Waals surface area contributed by atoms with Gasteiger partial charge in [0.05, 0.1) is 5.69 Å². The summed E-state index contributed by atoms with van der Waals surface area (Å²) in [5, 5.41) is 0. The Balaban J connectivity index is 1.94. The van der Waals surface area contributed by atoms with Crippen LogP contribution in [0, 0.1) is 13.8 Å². The monoisotopic (exact) mass is 310 g/mol. The molecule has 5 nitrogen and oxygen atoms in total. The average Bonchev–Trinajstić information content (AvgIpc) is 2.48. The van der Waals surface area contributed by atoms with Gasteiger partial charge in [-0.2, -0.15) is 0 Å². The minimum Gasteiger partial charge on any atom is -0.347 e. The van der Waals surface area contributed by atoms with Crippen LogP contribution in [0.15, 0.2) is 24.3 Å². The molecule has 0 bridgehead atoms. The molecule has 0 spiro atoms. The largest absolute Gasteiger partial charge is 0.347 e. The first-order valence-electron chi connectivity index (χ1n) is 7.89. The topological polar surface area (TPSA) is 49.3 Å². The highest BCUT2D eigenvalue weighted by Gasteiger charge is 2.21. The van der Waals surface area contributed by atoms with Crippen molar-refractivity contribution in [2.24, 2.45) is 0 Å². The number of aromatic nitrogens is 2. The van der Waals surface area contributed by atoms with Crippen LogP contribution in [0.2, 0.25) is 0 Å². The van der Waals surface area contributed by atoms with Crippen molar-refractivity contribution in [1.29, 1.82) is 0 Å². The van der Waals surface area contributed by atoms with Crippen LogP contribution in [0.25, 0.3) is 11.3 Å². The summed E-state index contributed by atoms with van der Waals surface area (Å²) in [6.45, 7) is 5.77. The minimum absolute atomic E-state index is 0.118. The van der Waals surface area contributed by atoms with Crippen molar-refractivity contribution in [3.05, 3.63) is 41.1 Å². The van der Waals surface area contributed by atoms with E-state index in [-0.39, 0.29) is 5.91 Å². The zero-order valence-electron chi connectivity index (χ0n) is 14.1. The van der Waals surface area contributed by atoms with E-state index in [0.29, 0.717) is 5.95 Å². The molecule has 1 amide bonds. The molecule has 3 rings (SSSR count). The van der Waals surface area contributed by atoms with Gasteiger partial charge in [0.1, 0.15) is 0 Å². The SMILES string of the molecule is Cc1nc(N(C)C)nc(-c2ccc(C(=O)N3CCC3)cc2)c1C. The molecular weight excluding hydrogens is 288 g/mol. The highest BCUT2D eigenvalue weighted by atomic mass is 16.2. The molecule has 0 unspecified atom stereocenters. The van der Waals surface area contributed by atoms with E-state index in [9.17, 15) is 4.79 Å². The highest BCUT2D eigenvalue weighted by Crippen LogP contribution is 2.25. The number of likely N-dealkylation sites (tertiary alicyclic amines) is 1. The molecule has 2 aromatic rings. The molecule has 0 radical (unpaired) electrons. The van der Waals surface area contributed by atoms with Gasteiger partial charge in [0.2, 0.25) is 5.95 Å². The fourth-order valence-corrected chi connectivity index (χ4v) is 2.57. The van der Waals surface area contributed by atoms with Gasteiger partial charge in [0.15, 0.2) is 0 Å². The second kappa shape index (κ2) is 5.99. The summed E-state index contributed by atoms with van der Waals surface area (Å²) < 4.78 is 0. The number of carbonyl (C=O) groups is 1. The average molecular weight is 310 g/mol. The Morgan fingerprint density at radius 2 is 1.74 bits per heavy atom. The summed E-state index contributed by atoms with van der Waals surface area (Å²) in [4.78, 5) is 25.2. The van der Waals surface area contributed by atoms with Crippen LogP contribution < -0.4 is 4.90 Å². The van der Waals surface area contributed by atoms with E-state index in [4.69, 9.17) is 0 Å². The summed E-state index contributed by atoms with van der Waals surface area (Å²) in [5.74, 6) is 0.816. The van der Waals surface area contributed by atoms with E-state index in [1.165, 1.54) is 0 Å². The van der Waals surface area contributed by atoms with Crippen molar-refractivity contribution >= 4 is 11.9 Å². The minimum atomic E-state index is 0.118. The van der Waals surface area contributed by atoms with Crippen LogP contribution in [0.3, 0.4) is 0 Å². The van der Waals surface area contributed by atoms with Crippen molar-refractivity contribution in [2.45, 2.75) is 20.3 Å². The predicted octanol–water partition coefficient (Wildman–Crippen LogP) is 2.67. The van der Waals surface area contributed by atoms with Crippen molar-refractivity contribution in [3.63, 3.8) is 0 Å². The van der Waals surface area contributed by atoms with Crippen LogP contribution >= 0.6 is 0 Å². The maximum atomic E-state index is 12.2. The summed E-state index contributed by atoms with van der Waals surface area (Å²) >= 11 is 0. The highest BCUT2D eigenvalue weighted by molar-refractivity contribution is 5.95. The summed E-state index contributed by atoms with van der Waals surface area (Å²) in [5.41, 5.74) is 4.71. The van der Waals surface area contributed by atoms with Crippen LogP contribution in [-0.4, -0.2) is 48.0 Å². The maximum Gasteiger partial charge on any atom is 0.253 e. The Kier molecular flexibility index (Phi) is 4.03. The fourth-order valence-electron chi connectivity index (χ4n) is 2.57. The van der Waals surface area contributed by atoms with E-state index >= 15 is 0 Å². The van der Waals surface area contributed by atoms with Crippen molar-refractivity contribution in [3.8, 4) is 11.3 Å². The van der Waals surface area contributed by atoms with Crippen LogP contribution in [-0.2, 0) is 0 Å². The third-order valence-electron chi connectivity index (χ3n) is 4.33. The second-order valence-electron chi connectivity index (χ2n) is 6.20. The van der Waals surface area contributed by atoms with E-state index in [2.05, 4.69) is 9.97 Å². The molecule has 5 heteroatoms. The molecule has 0 N–H and O–H groups in total. The third-order valence-corrected chi connectivity index (χ3v) is 4.33. The maximum absolute atomic E-state index is 12.2. The van der Waals surface area contributed by atoms with Gasteiger partial charge in [0, 0.05) is 44.0 Å². The van der Waals surface area contributed by atoms with E-state index in [1.54, 1.807) is 0 Å². The molecule has 2 heterocycles. The number of benzene rings is 1. The molecule has 0 aliphatic carbocycles. The van der Waals surface area contributed by atoms with Gasteiger partial charge in [-0.25, -0.2) is 9.97 Å². The number of anilines is 1. The van der Waals surface area contributed by atoms with Crippen LogP contribution in [0.1, 0.15) is 28.0 Å². The van der Waals surface area contributed by atoms with E-state index in [0.717, 1.165) is 47.6 Å². The van der Waals surface area contributed by atoms with Gasteiger partial charge in [-0.15, -0.1) is 0 Å². The molecule has 23 heavy (non-hydrogen) atoms. The zero-order valence-corrected chi connectivity index (χ0v) is 14.1. The number of hydrogen-bond donors (Lipinski definition) is 0. The first-order valence-corrected chi connectivity index (χ1v) is 7.89. The second-order valence-corrected chi connectivity index (χ2v) is 6.20. The Bertz CT molecular complexity index is 733. The molecular formula is C18H22N4O. The van der Waals surface area contributed by atoms with Crippen LogP contribution in [0.4, 0.5) is 5.95 Å². The van der Waals surface area contributed by atoms with Crippen molar-refractivity contribution in [1.82, 2.24) is 14.9 Å². The predicted molar refractivity (Wildman–Crippen MR) is 91.8 cm³/mol. The van der Waals surface area contributed by atoms with Gasteiger partial charge < -0.3 is 9.80 Å². The Hall–Kier alpha value is -2.43. The standard InChI is InChI=1S/C18H22N4O/c1-12-13(2)19-18(21(3)4)20-16(12)14-6-8-15(9-7-14)17(23)22-10-5-11-22/h6-9H,5,10-11H2,1-4H3. The lowest BCUT2D eigenvalue weighted by Gasteiger charge is -2.30. The number of rotatable bonds is 3. The number of amides is 1. The lowest BCUT2D eigenvalue weighted by Crippen LogP contribution is -2.41. The molecule has 0 saturated carbocycles. The molecule has 1 aromatic heterocycles. The molecule has 1 saturated heterocycles. The molecule has 0 atom stereocenters. The number of nitrogens with zero attached hydrogens (tertiary/aromatic N) is 4. The molecule has 1 fully saturated rings. The van der Waals surface area contributed by atoms with Crippen molar-refractivity contribution < 1.29 is 4.79 Å². The molecule has 1 aliphatic heterocycles. The lowest BCUT2D eigenvalue weighted by molar-refractivity contribution is 0.0652. The first-order chi connectivity index (χ1) is 11.0. The van der Waals surface area contributed by atoms with Gasteiger partial charge in [-0.1, -0.05) is 12.1 Å². The molecule has 1 aromatic carbocycles. The van der Waals surface area contributed by atoms with E-state index < -0.39 is 0 Å². The van der Waals surface area contributed by atoms with Gasteiger partial charge in [-0.3, -0.25) is 4.79 Å². The van der Waals surface area contributed by atoms with Crippen LogP contribution in [0.5, 0.6) is 0 Å². The number of carbonyl (C=O) groups excluding carboxylic acids is 1. The van der Waals surface area contributed by atoms with Gasteiger partial charge >= 0.3 is 0 Å². The van der Waals surface area contributed by atoms with Gasteiger partial charge in [0.25, 0.3) is 5.91 Å². The zero-order chi connectivity index (χ0) is 16.6. The number of aryl methyl sites for hydroxylation is 1.